The predicted octanol–water partition coefficient (Wildman–Crippen LogP) is 0.636. The van der Waals surface area contributed by atoms with Crippen molar-refractivity contribution in [3.8, 4) is 0 Å². The molecule has 3 unspecified atom stereocenters. The fourth-order valence-corrected chi connectivity index (χ4v) is 1.12. The van der Waals surface area contributed by atoms with E-state index in [0.29, 0.717) is 11.4 Å². The van der Waals surface area contributed by atoms with Gasteiger partial charge >= 0.3 is 0 Å². The number of aliphatic hydroxyl groups is 3. The fourth-order valence-electron chi connectivity index (χ4n) is 1.12. The normalized spacial score (nSPS) is 17.2. The van der Waals surface area contributed by atoms with Crippen molar-refractivity contribution >= 4 is 0 Å². The lowest BCUT2D eigenvalue weighted by Gasteiger charge is -2.12. The van der Waals surface area contributed by atoms with Crippen molar-refractivity contribution in [1.29, 1.82) is 0 Å². The van der Waals surface area contributed by atoms with E-state index in [0.717, 1.165) is 0 Å². The van der Waals surface area contributed by atoms with Crippen LogP contribution in [0.15, 0.2) is 6.07 Å². The first kappa shape index (κ1) is 12.0. The quantitative estimate of drug-likeness (QED) is 0.684. The Hall–Kier alpha value is -1.04. The second-order valence-corrected chi connectivity index (χ2v) is 3.60. The molecule has 0 aliphatic carbocycles. The zero-order chi connectivity index (χ0) is 11.6. The van der Waals surface area contributed by atoms with E-state index in [4.69, 9.17) is 0 Å². The smallest absolute Gasteiger partial charge is 0.157 e. The van der Waals surface area contributed by atoms with Gasteiger partial charge in [0.1, 0.15) is 6.10 Å². The van der Waals surface area contributed by atoms with Crippen molar-refractivity contribution < 1.29 is 15.3 Å². The molecule has 0 amide bonds. The van der Waals surface area contributed by atoms with E-state index in [9.17, 15) is 15.3 Å². The van der Waals surface area contributed by atoms with Gasteiger partial charge in [-0.25, -0.2) is 9.97 Å². The van der Waals surface area contributed by atoms with Crippen LogP contribution in [-0.2, 0) is 0 Å². The maximum Gasteiger partial charge on any atom is 0.157 e. The lowest BCUT2D eigenvalue weighted by molar-refractivity contribution is 0.170. The average Bonchev–Trinajstić information content (AvgIpc) is 2.16. The lowest BCUT2D eigenvalue weighted by atomic mass is 10.2. The minimum absolute atomic E-state index is 0.212. The summed E-state index contributed by atoms with van der Waals surface area (Å²) in [7, 11) is 0. The number of aromatic nitrogens is 2. The first-order chi connectivity index (χ1) is 6.91. The number of nitrogens with zero attached hydrogens (tertiary/aromatic N) is 2. The van der Waals surface area contributed by atoms with Crippen LogP contribution in [0.1, 0.15) is 56.3 Å². The summed E-state index contributed by atoms with van der Waals surface area (Å²) in [6.45, 7) is 4.67. The molecule has 3 N–H and O–H groups in total. The third kappa shape index (κ3) is 2.95. The van der Waals surface area contributed by atoms with Gasteiger partial charge in [0.25, 0.3) is 0 Å². The van der Waals surface area contributed by atoms with Gasteiger partial charge in [-0.2, -0.15) is 0 Å². The van der Waals surface area contributed by atoms with Crippen molar-refractivity contribution in [3.05, 3.63) is 23.3 Å². The highest BCUT2D eigenvalue weighted by molar-refractivity contribution is 5.15. The molecule has 0 saturated heterocycles. The molecule has 0 saturated carbocycles. The first-order valence-electron chi connectivity index (χ1n) is 4.84. The zero-order valence-electron chi connectivity index (χ0n) is 9.05. The molecule has 0 fully saturated rings. The fraction of sp³-hybridized carbons (Fsp3) is 0.600. The van der Waals surface area contributed by atoms with Crippen molar-refractivity contribution in [2.45, 2.75) is 39.1 Å². The topological polar surface area (TPSA) is 86.5 Å². The Balaban J connectivity index is 3.20. The maximum atomic E-state index is 9.38. The van der Waals surface area contributed by atoms with Gasteiger partial charge in [0.2, 0.25) is 0 Å². The largest absolute Gasteiger partial charge is 0.387 e. The van der Waals surface area contributed by atoms with E-state index in [1.165, 1.54) is 13.0 Å². The van der Waals surface area contributed by atoms with E-state index in [-0.39, 0.29) is 5.82 Å². The Bertz CT molecular complexity index is 273. The van der Waals surface area contributed by atoms with Gasteiger partial charge < -0.3 is 15.3 Å². The van der Waals surface area contributed by atoms with Crippen LogP contribution in [0.3, 0.4) is 0 Å². The molecule has 84 valence electrons. The van der Waals surface area contributed by atoms with Crippen molar-refractivity contribution in [2.75, 3.05) is 0 Å². The molecule has 15 heavy (non-hydrogen) atoms. The maximum absolute atomic E-state index is 9.38. The van der Waals surface area contributed by atoms with Crippen LogP contribution in [0.2, 0.25) is 0 Å². The molecule has 0 aliphatic heterocycles. The summed E-state index contributed by atoms with van der Waals surface area (Å²) in [6, 6.07) is 1.53. The lowest BCUT2D eigenvalue weighted by Crippen LogP contribution is -2.09. The Morgan fingerprint density at radius 2 is 1.27 bits per heavy atom. The van der Waals surface area contributed by atoms with E-state index in [2.05, 4.69) is 9.97 Å². The molecule has 0 aromatic carbocycles. The molecule has 0 aliphatic rings. The molecule has 3 atom stereocenters. The summed E-state index contributed by atoms with van der Waals surface area (Å²) in [5, 5.41) is 28.1. The van der Waals surface area contributed by atoms with Crippen LogP contribution in [0, 0.1) is 0 Å². The Morgan fingerprint density at radius 3 is 1.53 bits per heavy atom. The summed E-state index contributed by atoms with van der Waals surface area (Å²) < 4.78 is 0. The standard InChI is InChI=1S/C10H16N2O3/c1-5(13)8-4-9(6(2)14)12-10(11-8)7(3)15/h4-7,13-15H,1-3H3. The third-order valence-electron chi connectivity index (χ3n) is 2.01. The van der Waals surface area contributed by atoms with Crippen LogP contribution in [-0.4, -0.2) is 25.3 Å². The minimum Gasteiger partial charge on any atom is -0.387 e. The zero-order valence-corrected chi connectivity index (χ0v) is 9.05. The molecular weight excluding hydrogens is 196 g/mol. The van der Waals surface area contributed by atoms with Crippen LogP contribution < -0.4 is 0 Å². The Morgan fingerprint density at radius 1 is 0.867 bits per heavy atom. The minimum atomic E-state index is -0.818. The number of aliphatic hydroxyl groups excluding tert-OH is 3. The highest BCUT2D eigenvalue weighted by Gasteiger charge is 2.14. The van der Waals surface area contributed by atoms with Crippen LogP contribution >= 0.6 is 0 Å². The molecule has 5 nitrogen and oxygen atoms in total. The number of hydrogen-bond donors (Lipinski definition) is 3. The van der Waals surface area contributed by atoms with Gasteiger partial charge in [-0.15, -0.1) is 0 Å². The van der Waals surface area contributed by atoms with E-state index in [1.54, 1.807) is 13.8 Å². The summed E-state index contributed by atoms with van der Waals surface area (Å²) in [6.07, 6.45) is -2.31. The van der Waals surface area contributed by atoms with Gasteiger partial charge in [0, 0.05) is 0 Å². The van der Waals surface area contributed by atoms with Crippen molar-refractivity contribution in [1.82, 2.24) is 9.97 Å². The second-order valence-electron chi connectivity index (χ2n) is 3.60. The summed E-state index contributed by atoms with van der Waals surface area (Å²) >= 11 is 0. The first-order valence-corrected chi connectivity index (χ1v) is 4.84. The van der Waals surface area contributed by atoms with Crippen LogP contribution in [0.25, 0.3) is 0 Å². The summed E-state index contributed by atoms with van der Waals surface area (Å²) in [5.74, 6) is 0.212. The molecule has 0 radical (unpaired) electrons. The Labute approximate surface area is 88.4 Å². The molecule has 1 aromatic rings. The predicted molar refractivity (Wildman–Crippen MR) is 53.9 cm³/mol. The molecule has 1 heterocycles. The van der Waals surface area contributed by atoms with Crippen LogP contribution in [0.4, 0.5) is 0 Å². The molecule has 1 aromatic heterocycles. The van der Waals surface area contributed by atoms with Gasteiger partial charge in [-0.1, -0.05) is 0 Å². The van der Waals surface area contributed by atoms with Gasteiger partial charge in [-0.05, 0) is 26.8 Å². The summed E-state index contributed by atoms with van der Waals surface area (Å²) in [4.78, 5) is 7.99. The monoisotopic (exact) mass is 212 g/mol. The number of rotatable bonds is 3. The van der Waals surface area contributed by atoms with Gasteiger partial charge in [0.15, 0.2) is 5.82 Å². The third-order valence-corrected chi connectivity index (χ3v) is 2.01. The summed E-state index contributed by atoms with van der Waals surface area (Å²) in [5.41, 5.74) is 0.800. The average molecular weight is 212 g/mol. The molecular formula is C10H16N2O3. The van der Waals surface area contributed by atoms with Gasteiger partial charge in [-0.3, -0.25) is 0 Å². The second kappa shape index (κ2) is 4.65. The molecule has 1 rings (SSSR count). The molecule has 5 heteroatoms. The SMILES string of the molecule is CC(O)c1cc(C(C)O)nc(C(C)O)n1. The highest BCUT2D eigenvalue weighted by Crippen LogP contribution is 2.18. The Kier molecular flexibility index (Phi) is 3.73. The van der Waals surface area contributed by atoms with E-state index < -0.39 is 18.3 Å². The molecule has 0 bridgehead atoms. The van der Waals surface area contributed by atoms with Crippen molar-refractivity contribution in [2.24, 2.45) is 0 Å². The van der Waals surface area contributed by atoms with E-state index in [1.807, 2.05) is 0 Å². The number of hydrogen-bond acceptors (Lipinski definition) is 5. The van der Waals surface area contributed by atoms with Crippen LogP contribution in [0.5, 0.6) is 0 Å². The molecule has 0 spiro atoms. The van der Waals surface area contributed by atoms with Gasteiger partial charge in [0.05, 0.1) is 23.6 Å². The van der Waals surface area contributed by atoms with E-state index >= 15 is 0 Å². The van der Waals surface area contributed by atoms with Crippen molar-refractivity contribution in [3.63, 3.8) is 0 Å². The highest BCUT2D eigenvalue weighted by atomic mass is 16.3.